The number of nitrogens with zero attached hydrogens (tertiary/aromatic N) is 1. The summed E-state index contributed by atoms with van der Waals surface area (Å²) >= 11 is 0. The van der Waals surface area contributed by atoms with Gasteiger partial charge < -0.3 is 10.2 Å². The first-order valence-corrected chi connectivity index (χ1v) is 4.66. The number of amides is 1. The fourth-order valence-electron chi connectivity index (χ4n) is 1.45. The van der Waals surface area contributed by atoms with Gasteiger partial charge in [0.05, 0.1) is 0 Å². The van der Waals surface area contributed by atoms with E-state index in [1.54, 1.807) is 0 Å². The molecule has 1 rings (SSSR count). The lowest BCUT2D eigenvalue weighted by Gasteiger charge is -2.19. The van der Waals surface area contributed by atoms with Crippen LogP contribution >= 0.6 is 0 Å². The van der Waals surface area contributed by atoms with Crippen molar-refractivity contribution >= 4 is 6.41 Å². The molecule has 0 saturated carbocycles. The van der Waals surface area contributed by atoms with Crippen LogP contribution in [-0.4, -0.2) is 24.4 Å². The van der Waals surface area contributed by atoms with Gasteiger partial charge in [0.25, 0.3) is 0 Å². The molecule has 1 aliphatic rings. The van der Waals surface area contributed by atoms with E-state index in [-0.39, 0.29) is 0 Å². The van der Waals surface area contributed by atoms with Gasteiger partial charge in [-0.25, -0.2) is 0 Å². The van der Waals surface area contributed by atoms with Crippen LogP contribution in [0.5, 0.6) is 0 Å². The normalized spacial score (nSPS) is 18.2. The standard InChI is InChI=1S/C10H16N2O/c1-2-3-6-10(11-9-13)12-7-4-5-8-12/h2-3,6,9H,4-5,7-8H2,1H3,(H,11,13)/b3-2-,10-6+. The van der Waals surface area contributed by atoms with Gasteiger partial charge in [-0.2, -0.15) is 0 Å². The Morgan fingerprint density at radius 3 is 2.62 bits per heavy atom. The molecule has 3 nitrogen and oxygen atoms in total. The average Bonchev–Trinajstić information content (AvgIpc) is 2.65. The van der Waals surface area contributed by atoms with Crippen LogP contribution in [-0.2, 0) is 4.79 Å². The van der Waals surface area contributed by atoms with Crippen molar-refractivity contribution in [2.45, 2.75) is 19.8 Å². The molecule has 1 saturated heterocycles. The maximum atomic E-state index is 10.3. The van der Waals surface area contributed by atoms with E-state index in [4.69, 9.17) is 0 Å². The minimum absolute atomic E-state index is 0.730. The third-order valence-electron chi connectivity index (χ3n) is 2.10. The molecule has 13 heavy (non-hydrogen) atoms. The summed E-state index contributed by atoms with van der Waals surface area (Å²) in [5.41, 5.74) is 0. The van der Waals surface area contributed by atoms with Gasteiger partial charge in [-0.1, -0.05) is 12.2 Å². The number of likely N-dealkylation sites (tertiary alicyclic amines) is 1. The lowest BCUT2D eigenvalue weighted by molar-refractivity contribution is -0.109. The quantitative estimate of drug-likeness (QED) is 0.521. The summed E-state index contributed by atoms with van der Waals surface area (Å²) in [4.78, 5) is 12.5. The number of carbonyl (C=O) groups excluding carboxylic acids is 1. The van der Waals surface area contributed by atoms with Crippen molar-refractivity contribution in [3.8, 4) is 0 Å². The van der Waals surface area contributed by atoms with Crippen LogP contribution in [0.4, 0.5) is 0 Å². The molecule has 1 aliphatic heterocycles. The molecule has 0 unspecified atom stereocenters. The highest BCUT2D eigenvalue weighted by Crippen LogP contribution is 2.12. The summed E-state index contributed by atoms with van der Waals surface area (Å²) in [6.45, 7) is 4.05. The Hall–Kier alpha value is -1.25. The van der Waals surface area contributed by atoms with E-state index in [1.165, 1.54) is 12.8 Å². The number of hydrogen-bond acceptors (Lipinski definition) is 2. The topological polar surface area (TPSA) is 32.3 Å². The number of nitrogens with one attached hydrogen (secondary N) is 1. The monoisotopic (exact) mass is 180 g/mol. The third kappa shape index (κ3) is 2.93. The molecule has 0 bridgehead atoms. The van der Waals surface area contributed by atoms with Crippen LogP contribution in [0.1, 0.15) is 19.8 Å². The summed E-state index contributed by atoms with van der Waals surface area (Å²) in [6.07, 6.45) is 8.97. The number of hydrogen-bond donors (Lipinski definition) is 1. The summed E-state index contributed by atoms with van der Waals surface area (Å²) in [5, 5.41) is 2.71. The van der Waals surface area contributed by atoms with Gasteiger partial charge >= 0.3 is 0 Å². The van der Waals surface area contributed by atoms with E-state index in [9.17, 15) is 4.79 Å². The predicted octanol–water partition coefficient (Wildman–Crippen LogP) is 1.25. The molecule has 1 heterocycles. The Morgan fingerprint density at radius 1 is 1.38 bits per heavy atom. The second kappa shape index (κ2) is 5.41. The fraction of sp³-hybridized carbons (Fsp3) is 0.500. The third-order valence-corrected chi connectivity index (χ3v) is 2.10. The molecular weight excluding hydrogens is 164 g/mol. The maximum absolute atomic E-state index is 10.3. The second-order valence-electron chi connectivity index (χ2n) is 3.03. The predicted molar refractivity (Wildman–Crippen MR) is 52.9 cm³/mol. The van der Waals surface area contributed by atoms with Crippen molar-refractivity contribution in [1.29, 1.82) is 0 Å². The Balaban J connectivity index is 2.59. The largest absolute Gasteiger partial charge is 0.358 e. The van der Waals surface area contributed by atoms with Gasteiger partial charge in [0, 0.05) is 13.1 Å². The first-order chi connectivity index (χ1) is 6.38. The zero-order chi connectivity index (χ0) is 9.52. The van der Waals surface area contributed by atoms with Crippen LogP contribution < -0.4 is 5.32 Å². The Morgan fingerprint density at radius 2 is 2.08 bits per heavy atom. The van der Waals surface area contributed by atoms with Gasteiger partial charge in [-0.15, -0.1) is 0 Å². The molecule has 72 valence electrons. The van der Waals surface area contributed by atoms with Crippen molar-refractivity contribution < 1.29 is 4.79 Å². The number of rotatable bonds is 4. The Kier molecular flexibility index (Phi) is 4.09. The molecule has 0 aromatic rings. The lowest BCUT2D eigenvalue weighted by Crippen LogP contribution is -2.28. The van der Waals surface area contributed by atoms with E-state index < -0.39 is 0 Å². The zero-order valence-electron chi connectivity index (χ0n) is 7.99. The van der Waals surface area contributed by atoms with Crippen molar-refractivity contribution in [3.63, 3.8) is 0 Å². The van der Waals surface area contributed by atoms with Gasteiger partial charge in [0.15, 0.2) is 0 Å². The smallest absolute Gasteiger partial charge is 0.212 e. The molecule has 0 spiro atoms. The molecule has 1 amide bonds. The minimum Gasteiger partial charge on any atom is -0.358 e. The summed E-state index contributed by atoms with van der Waals surface area (Å²) < 4.78 is 0. The van der Waals surface area contributed by atoms with Gasteiger partial charge in [0.1, 0.15) is 5.82 Å². The molecule has 0 aliphatic carbocycles. The SMILES string of the molecule is C/C=C\C=C(/NC=O)N1CCCC1. The lowest BCUT2D eigenvalue weighted by atomic mass is 10.4. The van der Waals surface area contributed by atoms with Crippen LogP contribution in [0, 0.1) is 0 Å². The summed E-state index contributed by atoms with van der Waals surface area (Å²) in [6, 6.07) is 0. The second-order valence-corrected chi connectivity index (χ2v) is 3.03. The zero-order valence-corrected chi connectivity index (χ0v) is 7.99. The van der Waals surface area contributed by atoms with Gasteiger partial charge in [0.2, 0.25) is 6.41 Å². The summed E-state index contributed by atoms with van der Waals surface area (Å²) in [5.74, 6) is 0.908. The Bertz CT molecular complexity index is 215. The highest BCUT2D eigenvalue weighted by molar-refractivity contribution is 5.50. The van der Waals surface area contributed by atoms with E-state index >= 15 is 0 Å². The summed E-state index contributed by atoms with van der Waals surface area (Å²) in [7, 11) is 0. The van der Waals surface area contributed by atoms with Crippen LogP contribution in [0.25, 0.3) is 0 Å². The molecule has 0 aromatic carbocycles. The average molecular weight is 180 g/mol. The molecule has 0 radical (unpaired) electrons. The van der Waals surface area contributed by atoms with E-state index in [0.717, 1.165) is 25.3 Å². The molecule has 0 atom stereocenters. The molecule has 3 heteroatoms. The highest BCUT2D eigenvalue weighted by Gasteiger charge is 2.13. The van der Waals surface area contributed by atoms with E-state index in [2.05, 4.69) is 10.2 Å². The molecule has 0 aromatic heterocycles. The van der Waals surface area contributed by atoms with Crippen molar-refractivity contribution in [2.24, 2.45) is 0 Å². The fourth-order valence-corrected chi connectivity index (χ4v) is 1.45. The van der Waals surface area contributed by atoms with Gasteiger partial charge in [-0.3, -0.25) is 4.79 Å². The number of allylic oxidation sites excluding steroid dienone is 3. The van der Waals surface area contributed by atoms with E-state index in [1.807, 2.05) is 25.2 Å². The van der Waals surface area contributed by atoms with Crippen LogP contribution in [0.15, 0.2) is 24.0 Å². The van der Waals surface area contributed by atoms with Gasteiger partial charge in [-0.05, 0) is 25.8 Å². The first kappa shape index (κ1) is 9.84. The number of carbonyl (C=O) groups is 1. The van der Waals surface area contributed by atoms with Crippen molar-refractivity contribution in [3.05, 3.63) is 24.0 Å². The van der Waals surface area contributed by atoms with Crippen molar-refractivity contribution in [1.82, 2.24) is 10.2 Å². The first-order valence-electron chi connectivity index (χ1n) is 4.66. The Labute approximate surface area is 79.1 Å². The molecule has 1 N–H and O–H groups in total. The van der Waals surface area contributed by atoms with E-state index in [0.29, 0.717) is 0 Å². The molecule has 1 fully saturated rings. The minimum atomic E-state index is 0.730. The maximum Gasteiger partial charge on any atom is 0.212 e. The highest BCUT2D eigenvalue weighted by atomic mass is 16.1. The van der Waals surface area contributed by atoms with Crippen LogP contribution in [0.3, 0.4) is 0 Å². The van der Waals surface area contributed by atoms with Crippen molar-refractivity contribution in [2.75, 3.05) is 13.1 Å². The molecular formula is C10H16N2O. The van der Waals surface area contributed by atoms with Crippen LogP contribution in [0.2, 0.25) is 0 Å².